The first-order valence-electron chi connectivity index (χ1n) is 6.57. The Hall–Kier alpha value is -1.81. The van der Waals surface area contributed by atoms with E-state index in [0.29, 0.717) is 10.8 Å². The van der Waals surface area contributed by atoms with Gasteiger partial charge in [0.2, 0.25) is 0 Å². The molecule has 0 atom stereocenters. The van der Waals surface area contributed by atoms with Crippen LogP contribution in [0.15, 0.2) is 24.3 Å². The highest BCUT2D eigenvalue weighted by atomic mass is 35.5. The lowest BCUT2D eigenvalue weighted by Gasteiger charge is -2.11. The standard InChI is InChI=1S/C15H18ClN3O/c1-4-7-17-15-9-13(18-10(2)19-15)12-8-11(16)5-6-14(12)20-3/h5-6,8-9H,4,7H2,1-3H3,(H,17,18,19). The van der Waals surface area contributed by atoms with Gasteiger partial charge in [-0.2, -0.15) is 0 Å². The summed E-state index contributed by atoms with van der Waals surface area (Å²) in [5, 5.41) is 3.93. The number of aromatic nitrogens is 2. The monoisotopic (exact) mass is 291 g/mol. The number of ether oxygens (including phenoxy) is 1. The van der Waals surface area contributed by atoms with E-state index in [2.05, 4.69) is 22.2 Å². The van der Waals surface area contributed by atoms with Gasteiger partial charge >= 0.3 is 0 Å². The van der Waals surface area contributed by atoms with Crippen LogP contribution >= 0.6 is 11.6 Å². The minimum atomic E-state index is 0.653. The van der Waals surface area contributed by atoms with Gasteiger partial charge in [0.05, 0.1) is 12.8 Å². The fourth-order valence-corrected chi connectivity index (χ4v) is 2.10. The zero-order valence-corrected chi connectivity index (χ0v) is 12.7. The van der Waals surface area contributed by atoms with Crippen LogP contribution in [0.25, 0.3) is 11.3 Å². The van der Waals surface area contributed by atoms with Crippen LogP contribution in [0.2, 0.25) is 5.02 Å². The molecular weight excluding hydrogens is 274 g/mol. The molecule has 106 valence electrons. The van der Waals surface area contributed by atoms with Gasteiger partial charge in [-0.1, -0.05) is 18.5 Å². The Labute approximate surface area is 124 Å². The highest BCUT2D eigenvalue weighted by molar-refractivity contribution is 6.30. The third-order valence-corrected chi connectivity index (χ3v) is 3.07. The van der Waals surface area contributed by atoms with Crippen LogP contribution in [-0.2, 0) is 0 Å². The van der Waals surface area contributed by atoms with Crippen molar-refractivity contribution in [2.45, 2.75) is 20.3 Å². The first-order valence-corrected chi connectivity index (χ1v) is 6.95. The lowest BCUT2D eigenvalue weighted by Crippen LogP contribution is -2.04. The molecule has 0 radical (unpaired) electrons. The molecule has 1 aromatic carbocycles. The predicted octanol–water partition coefficient (Wildman–Crippen LogP) is 3.94. The van der Waals surface area contributed by atoms with E-state index in [4.69, 9.17) is 16.3 Å². The van der Waals surface area contributed by atoms with Crippen LogP contribution < -0.4 is 10.1 Å². The van der Waals surface area contributed by atoms with Crippen LogP contribution in [0.3, 0.4) is 0 Å². The Morgan fingerprint density at radius 3 is 2.75 bits per heavy atom. The zero-order valence-electron chi connectivity index (χ0n) is 11.9. The quantitative estimate of drug-likeness (QED) is 0.906. The minimum absolute atomic E-state index is 0.653. The second-order valence-corrected chi connectivity index (χ2v) is 4.89. The molecule has 0 fully saturated rings. The van der Waals surface area contributed by atoms with Crippen molar-refractivity contribution >= 4 is 17.4 Å². The predicted molar refractivity (Wildman–Crippen MR) is 82.5 cm³/mol. The molecule has 0 aliphatic heterocycles. The molecule has 1 aromatic heterocycles. The summed E-state index contributed by atoms with van der Waals surface area (Å²) in [4.78, 5) is 8.85. The van der Waals surface area contributed by atoms with E-state index < -0.39 is 0 Å². The molecule has 0 aliphatic carbocycles. The lowest BCUT2D eigenvalue weighted by molar-refractivity contribution is 0.416. The fraction of sp³-hybridized carbons (Fsp3) is 0.333. The van der Waals surface area contributed by atoms with Crippen molar-refractivity contribution in [1.82, 2.24) is 9.97 Å². The van der Waals surface area contributed by atoms with Gasteiger partial charge in [0.25, 0.3) is 0 Å². The van der Waals surface area contributed by atoms with Crippen molar-refractivity contribution < 1.29 is 4.74 Å². The SMILES string of the molecule is CCCNc1cc(-c2cc(Cl)ccc2OC)nc(C)n1. The largest absolute Gasteiger partial charge is 0.496 e. The molecule has 20 heavy (non-hydrogen) atoms. The molecule has 1 N–H and O–H groups in total. The topological polar surface area (TPSA) is 47.0 Å². The van der Waals surface area contributed by atoms with Crippen molar-refractivity contribution in [1.29, 1.82) is 0 Å². The number of hydrogen-bond donors (Lipinski definition) is 1. The molecular formula is C15H18ClN3O. The molecule has 0 saturated carbocycles. The van der Waals surface area contributed by atoms with Crippen molar-refractivity contribution in [3.05, 3.63) is 35.1 Å². The maximum atomic E-state index is 6.07. The number of rotatable bonds is 5. The van der Waals surface area contributed by atoms with Gasteiger partial charge in [0, 0.05) is 23.2 Å². The number of hydrogen-bond acceptors (Lipinski definition) is 4. The van der Waals surface area contributed by atoms with E-state index in [0.717, 1.165) is 35.8 Å². The van der Waals surface area contributed by atoms with Gasteiger partial charge in [-0.15, -0.1) is 0 Å². The van der Waals surface area contributed by atoms with Gasteiger partial charge in [-0.25, -0.2) is 9.97 Å². The molecule has 4 nitrogen and oxygen atoms in total. The number of anilines is 1. The molecule has 5 heteroatoms. The van der Waals surface area contributed by atoms with Crippen molar-refractivity contribution in [2.24, 2.45) is 0 Å². The van der Waals surface area contributed by atoms with E-state index >= 15 is 0 Å². The third-order valence-electron chi connectivity index (χ3n) is 2.83. The molecule has 0 amide bonds. The summed E-state index contributed by atoms with van der Waals surface area (Å²) < 4.78 is 5.38. The third kappa shape index (κ3) is 3.39. The van der Waals surface area contributed by atoms with Gasteiger partial charge < -0.3 is 10.1 Å². The maximum Gasteiger partial charge on any atom is 0.130 e. The number of nitrogens with one attached hydrogen (secondary N) is 1. The summed E-state index contributed by atoms with van der Waals surface area (Å²) in [6, 6.07) is 7.41. The average molecular weight is 292 g/mol. The molecule has 0 spiro atoms. The Morgan fingerprint density at radius 2 is 2.05 bits per heavy atom. The maximum absolute atomic E-state index is 6.07. The van der Waals surface area contributed by atoms with Crippen molar-refractivity contribution in [3.63, 3.8) is 0 Å². The van der Waals surface area contributed by atoms with Gasteiger partial charge in [-0.05, 0) is 31.5 Å². The van der Waals surface area contributed by atoms with Crippen LogP contribution in [0.1, 0.15) is 19.2 Å². The number of nitrogens with zero attached hydrogens (tertiary/aromatic N) is 2. The highest BCUT2D eigenvalue weighted by Gasteiger charge is 2.10. The van der Waals surface area contributed by atoms with Crippen molar-refractivity contribution in [2.75, 3.05) is 19.0 Å². The van der Waals surface area contributed by atoms with E-state index in [-0.39, 0.29) is 0 Å². The highest BCUT2D eigenvalue weighted by Crippen LogP contribution is 2.32. The molecule has 2 aromatic rings. The summed E-state index contributed by atoms with van der Waals surface area (Å²) in [5.41, 5.74) is 1.67. The summed E-state index contributed by atoms with van der Waals surface area (Å²) in [5.74, 6) is 2.27. The molecule has 0 unspecified atom stereocenters. The fourth-order valence-electron chi connectivity index (χ4n) is 1.93. The Morgan fingerprint density at radius 1 is 1.25 bits per heavy atom. The van der Waals surface area contributed by atoms with Crippen LogP contribution in [-0.4, -0.2) is 23.6 Å². The van der Waals surface area contributed by atoms with Crippen LogP contribution in [0.4, 0.5) is 5.82 Å². The summed E-state index contributed by atoms with van der Waals surface area (Å²) in [7, 11) is 1.64. The van der Waals surface area contributed by atoms with Gasteiger partial charge in [0.15, 0.2) is 0 Å². The minimum Gasteiger partial charge on any atom is -0.496 e. The number of methoxy groups -OCH3 is 1. The van der Waals surface area contributed by atoms with Crippen molar-refractivity contribution in [3.8, 4) is 17.0 Å². The number of benzene rings is 1. The summed E-state index contributed by atoms with van der Waals surface area (Å²) >= 11 is 6.07. The first kappa shape index (κ1) is 14.6. The Bertz CT molecular complexity index is 602. The van der Waals surface area contributed by atoms with Gasteiger partial charge in [0.1, 0.15) is 17.4 Å². The second-order valence-electron chi connectivity index (χ2n) is 4.46. The Kier molecular flexibility index (Phi) is 4.79. The Balaban J connectivity index is 2.46. The molecule has 0 bridgehead atoms. The zero-order chi connectivity index (χ0) is 14.5. The molecule has 2 rings (SSSR count). The van der Waals surface area contributed by atoms with Crippen LogP contribution in [0, 0.1) is 6.92 Å². The smallest absolute Gasteiger partial charge is 0.130 e. The van der Waals surface area contributed by atoms with E-state index in [1.54, 1.807) is 13.2 Å². The summed E-state index contributed by atoms with van der Waals surface area (Å²) in [6.45, 7) is 4.86. The van der Waals surface area contributed by atoms with E-state index in [1.165, 1.54) is 0 Å². The average Bonchev–Trinajstić information content (AvgIpc) is 2.44. The molecule has 0 aliphatic rings. The lowest BCUT2D eigenvalue weighted by atomic mass is 10.1. The summed E-state index contributed by atoms with van der Waals surface area (Å²) in [6.07, 6.45) is 1.04. The van der Waals surface area contributed by atoms with E-state index in [1.807, 2.05) is 25.1 Å². The van der Waals surface area contributed by atoms with E-state index in [9.17, 15) is 0 Å². The first-order chi connectivity index (χ1) is 9.63. The normalized spacial score (nSPS) is 10.4. The van der Waals surface area contributed by atoms with Gasteiger partial charge in [-0.3, -0.25) is 0 Å². The molecule has 1 heterocycles. The number of aryl methyl sites for hydroxylation is 1. The molecule has 0 saturated heterocycles. The van der Waals surface area contributed by atoms with Crippen LogP contribution in [0.5, 0.6) is 5.75 Å². The number of halogens is 1. The second kappa shape index (κ2) is 6.57.